The SMILES string of the molecule is CCC(CNC)c1nccc2cc(OC)ccc12. The molecular formula is C15H20N2O. The standard InChI is InChI=1S/C15H20N2O/c1-4-11(10-16-2)15-14-6-5-13(18-3)9-12(14)7-8-17-15/h5-9,11,16H,4,10H2,1-3H3. The van der Waals surface area contributed by atoms with Gasteiger partial charge in [-0.1, -0.05) is 6.92 Å². The molecule has 1 N–H and O–H groups in total. The van der Waals surface area contributed by atoms with E-state index < -0.39 is 0 Å². The van der Waals surface area contributed by atoms with Gasteiger partial charge in [0.25, 0.3) is 0 Å². The maximum Gasteiger partial charge on any atom is 0.119 e. The number of hydrogen-bond donors (Lipinski definition) is 1. The summed E-state index contributed by atoms with van der Waals surface area (Å²) in [4.78, 5) is 4.57. The lowest BCUT2D eigenvalue weighted by molar-refractivity contribution is 0.415. The first-order chi connectivity index (χ1) is 8.80. The Hall–Kier alpha value is -1.61. The summed E-state index contributed by atoms with van der Waals surface area (Å²) in [6, 6.07) is 8.20. The minimum Gasteiger partial charge on any atom is -0.497 e. The van der Waals surface area contributed by atoms with Gasteiger partial charge in [0.2, 0.25) is 0 Å². The number of hydrogen-bond acceptors (Lipinski definition) is 3. The highest BCUT2D eigenvalue weighted by Crippen LogP contribution is 2.28. The number of benzene rings is 1. The zero-order valence-corrected chi connectivity index (χ0v) is 11.2. The first-order valence-corrected chi connectivity index (χ1v) is 6.37. The smallest absolute Gasteiger partial charge is 0.119 e. The fourth-order valence-electron chi connectivity index (χ4n) is 2.31. The summed E-state index contributed by atoms with van der Waals surface area (Å²) in [5.74, 6) is 1.34. The number of ether oxygens (including phenoxy) is 1. The lowest BCUT2D eigenvalue weighted by Gasteiger charge is -2.16. The first kappa shape index (κ1) is 12.8. The van der Waals surface area contributed by atoms with E-state index in [4.69, 9.17) is 4.74 Å². The largest absolute Gasteiger partial charge is 0.497 e. The molecule has 0 radical (unpaired) electrons. The molecule has 18 heavy (non-hydrogen) atoms. The zero-order valence-electron chi connectivity index (χ0n) is 11.2. The van der Waals surface area contributed by atoms with Gasteiger partial charge in [0.05, 0.1) is 12.8 Å². The Kier molecular flexibility index (Phi) is 4.15. The number of nitrogens with one attached hydrogen (secondary N) is 1. The van der Waals surface area contributed by atoms with Crippen LogP contribution in [0.4, 0.5) is 0 Å². The van der Waals surface area contributed by atoms with Crippen molar-refractivity contribution in [1.82, 2.24) is 10.3 Å². The molecule has 0 aliphatic rings. The summed E-state index contributed by atoms with van der Waals surface area (Å²) in [6.45, 7) is 3.15. The molecule has 1 unspecified atom stereocenters. The number of aromatic nitrogens is 1. The van der Waals surface area contributed by atoms with Crippen molar-refractivity contribution in [3.05, 3.63) is 36.2 Å². The van der Waals surface area contributed by atoms with Crippen molar-refractivity contribution in [1.29, 1.82) is 0 Å². The van der Waals surface area contributed by atoms with Gasteiger partial charge in [0, 0.05) is 24.0 Å². The molecular weight excluding hydrogens is 224 g/mol. The predicted molar refractivity (Wildman–Crippen MR) is 75.3 cm³/mol. The van der Waals surface area contributed by atoms with Crippen molar-refractivity contribution < 1.29 is 4.74 Å². The summed E-state index contributed by atoms with van der Waals surface area (Å²) >= 11 is 0. The average Bonchev–Trinajstić information content (AvgIpc) is 2.43. The van der Waals surface area contributed by atoms with Crippen LogP contribution in [-0.2, 0) is 0 Å². The summed E-state index contributed by atoms with van der Waals surface area (Å²) in [6.07, 6.45) is 2.97. The minimum atomic E-state index is 0.451. The monoisotopic (exact) mass is 244 g/mol. The second-order valence-electron chi connectivity index (χ2n) is 4.45. The van der Waals surface area contributed by atoms with Gasteiger partial charge in [0.1, 0.15) is 5.75 Å². The van der Waals surface area contributed by atoms with E-state index in [2.05, 4.69) is 29.4 Å². The third-order valence-corrected chi connectivity index (χ3v) is 3.33. The fraction of sp³-hybridized carbons (Fsp3) is 0.400. The van der Waals surface area contributed by atoms with Gasteiger partial charge in [-0.3, -0.25) is 4.98 Å². The molecule has 0 aliphatic carbocycles. The first-order valence-electron chi connectivity index (χ1n) is 6.37. The Morgan fingerprint density at radius 1 is 1.33 bits per heavy atom. The fourth-order valence-corrected chi connectivity index (χ4v) is 2.31. The summed E-state index contributed by atoms with van der Waals surface area (Å²) in [5, 5.41) is 5.65. The lowest BCUT2D eigenvalue weighted by Crippen LogP contribution is -2.17. The predicted octanol–water partition coefficient (Wildman–Crippen LogP) is 2.96. The van der Waals surface area contributed by atoms with Crippen LogP contribution in [-0.4, -0.2) is 25.7 Å². The molecule has 1 aromatic heterocycles. The molecule has 0 saturated carbocycles. The van der Waals surface area contributed by atoms with Crippen molar-refractivity contribution in [3.63, 3.8) is 0 Å². The average molecular weight is 244 g/mol. The van der Waals surface area contributed by atoms with Gasteiger partial charge in [0.15, 0.2) is 0 Å². The summed E-state index contributed by atoms with van der Waals surface area (Å²) < 4.78 is 5.26. The molecule has 1 heterocycles. The van der Waals surface area contributed by atoms with Gasteiger partial charge in [-0.05, 0) is 43.1 Å². The van der Waals surface area contributed by atoms with Crippen molar-refractivity contribution in [2.45, 2.75) is 19.3 Å². The molecule has 1 aromatic carbocycles. The van der Waals surface area contributed by atoms with Gasteiger partial charge in [-0.2, -0.15) is 0 Å². The van der Waals surface area contributed by atoms with E-state index in [1.54, 1.807) is 7.11 Å². The molecule has 0 aliphatic heterocycles. The molecule has 0 spiro atoms. The highest BCUT2D eigenvalue weighted by molar-refractivity contribution is 5.86. The van der Waals surface area contributed by atoms with E-state index in [9.17, 15) is 0 Å². The van der Waals surface area contributed by atoms with Crippen LogP contribution in [0, 0.1) is 0 Å². The molecule has 96 valence electrons. The van der Waals surface area contributed by atoms with Crippen LogP contribution in [0.5, 0.6) is 5.75 Å². The van der Waals surface area contributed by atoms with Crippen LogP contribution in [0.1, 0.15) is 25.0 Å². The lowest BCUT2D eigenvalue weighted by atomic mass is 9.96. The number of pyridine rings is 1. The van der Waals surface area contributed by atoms with E-state index in [1.165, 1.54) is 16.5 Å². The molecule has 3 heteroatoms. The normalized spacial score (nSPS) is 12.6. The van der Waals surface area contributed by atoms with E-state index >= 15 is 0 Å². The Morgan fingerprint density at radius 2 is 2.17 bits per heavy atom. The quantitative estimate of drug-likeness (QED) is 0.878. The molecule has 0 amide bonds. The topological polar surface area (TPSA) is 34.2 Å². The Morgan fingerprint density at radius 3 is 2.83 bits per heavy atom. The number of fused-ring (bicyclic) bond motifs is 1. The number of methoxy groups -OCH3 is 1. The second kappa shape index (κ2) is 5.83. The van der Waals surface area contributed by atoms with Crippen molar-refractivity contribution in [3.8, 4) is 5.75 Å². The minimum absolute atomic E-state index is 0.451. The van der Waals surface area contributed by atoms with Crippen LogP contribution in [0.2, 0.25) is 0 Å². The highest BCUT2D eigenvalue weighted by Gasteiger charge is 2.13. The maximum atomic E-state index is 5.26. The van der Waals surface area contributed by atoms with Crippen LogP contribution in [0.15, 0.2) is 30.5 Å². The summed E-state index contributed by atoms with van der Waals surface area (Å²) in [7, 11) is 3.68. The Bertz CT molecular complexity index is 525. The molecule has 1 atom stereocenters. The summed E-state index contributed by atoms with van der Waals surface area (Å²) in [5.41, 5.74) is 1.17. The third kappa shape index (κ3) is 2.46. The van der Waals surface area contributed by atoms with E-state index in [0.717, 1.165) is 18.7 Å². The van der Waals surface area contributed by atoms with Gasteiger partial charge >= 0.3 is 0 Å². The van der Waals surface area contributed by atoms with Crippen molar-refractivity contribution >= 4 is 10.8 Å². The highest BCUT2D eigenvalue weighted by atomic mass is 16.5. The third-order valence-electron chi connectivity index (χ3n) is 3.33. The van der Waals surface area contributed by atoms with E-state index in [1.807, 2.05) is 25.4 Å². The van der Waals surface area contributed by atoms with Crippen LogP contribution in [0.3, 0.4) is 0 Å². The Labute approximate surface area is 108 Å². The van der Waals surface area contributed by atoms with Gasteiger partial charge in [-0.15, -0.1) is 0 Å². The van der Waals surface area contributed by atoms with Gasteiger partial charge in [-0.25, -0.2) is 0 Å². The molecule has 2 aromatic rings. The van der Waals surface area contributed by atoms with Gasteiger partial charge < -0.3 is 10.1 Å². The van der Waals surface area contributed by atoms with Crippen molar-refractivity contribution in [2.24, 2.45) is 0 Å². The second-order valence-corrected chi connectivity index (χ2v) is 4.45. The van der Waals surface area contributed by atoms with Crippen molar-refractivity contribution in [2.75, 3.05) is 20.7 Å². The molecule has 0 fully saturated rings. The van der Waals surface area contributed by atoms with Crippen LogP contribution < -0.4 is 10.1 Å². The number of rotatable bonds is 5. The van der Waals surface area contributed by atoms with E-state index in [-0.39, 0.29) is 0 Å². The zero-order chi connectivity index (χ0) is 13.0. The number of nitrogens with zero attached hydrogens (tertiary/aromatic N) is 1. The molecule has 0 saturated heterocycles. The number of likely N-dealkylation sites (N-methyl/N-ethyl adjacent to an activating group) is 1. The van der Waals surface area contributed by atoms with Crippen LogP contribution >= 0.6 is 0 Å². The molecule has 3 nitrogen and oxygen atoms in total. The maximum absolute atomic E-state index is 5.26. The molecule has 2 rings (SSSR count). The molecule has 0 bridgehead atoms. The Balaban J connectivity index is 2.50. The van der Waals surface area contributed by atoms with E-state index in [0.29, 0.717) is 5.92 Å². The van der Waals surface area contributed by atoms with Crippen LogP contribution in [0.25, 0.3) is 10.8 Å².